The Kier molecular flexibility index (Phi) is 9.38. The van der Waals surface area contributed by atoms with E-state index < -0.39 is 23.8 Å². The van der Waals surface area contributed by atoms with Crippen LogP contribution in [0.15, 0.2) is 27.5 Å². The molecule has 34 heavy (non-hydrogen) atoms. The van der Waals surface area contributed by atoms with Gasteiger partial charge >= 0.3 is 12.1 Å². The minimum absolute atomic E-state index is 0.0882. The van der Waals surface area contributed by atoms with Gasteiger partial charge in [-0.1, -0.05) is 0 Å². The van der Waals surface area contributed by atoms with Crippen molar-refractivity contribution in [2.24, 2.45) is 0 Å². The predicted molar refractivity (Wildman–Crippen MR) is 116 cm³/mol. The van der Waals surface area contributed by atoms with Gasteiger partial charge in [-0.25, -0.2) is 13.6 Å². The quantitative estimate of drug-likeness (QED) is 0.544. The second kappa shape index (κ2) is 11.6. The number of hydrogen-bond donors (Lipinski definition) is 2. The van der Waals surface area contributed by atoms with Crippen LogP contribution in [-0.2, 0) is 11.4 Å². The van der Waals surface area contributed by atoms with E-state index in [1.54, 1.807) is 4.57 Å². The number of piperazine rings is 1. The van der Waals surface area contributed by atoms with E-state index in [1.807, 2.05) is 18.7 Å². The van der Waals surface area contributed by atoms with Gasteiger partial charge in [0.25, 0.3) is 5.56 Å². The summed E-state index contributed by atoms with van der Waals surface area (Å²) in [5, 5.41) is 10.4. The zero-order chi connectivity index (χ0) is 25.6. The van der Waals surface area contributed by atoms with Crippen molar-refractivity contribution in [1.29, 1.82) is 0 Å². The van der Waals surface area contributed by atoms with Crippen LogP contribution in [0.1, 0.15) is 25.5 Å². The van der Waals surface area contributed by atoms with Crippen molar-refractivity contribution in [3.63, 3.8) is 0 Å². The minimum Gasteiger partial charge on any atom is -0.475 e. The van der Waals surface area contributed by atoms with E-state index in [1.165, 1.54) is 6.07 Å². The third-order valence-electron chi connectivity index (χ3n) is 4.55. The predicted octanol–water partition coefficient (Wildman–Crippen LogP) is 3.49. The maximum absolute atomic E-state index is 13.8. The average Bonchev–Trinajstić information content (AvgIpc) is 2.75. The molecule has 0 aliphatic carbocycles. The van der Waals surface area contributed by atoms with Crippen molar-refractivity contribution in [2.75, 3.05) is 31.1 Å². The van der Waals surface area contributed by atoms with Crippen LogP contribution in [0.3, 0.4) is 0 Å². The average molecular weight is 557 g/mol. The monoisotopic (exact) mass is 556 g/mol. The van der Waals surface area contributed by atoms with Crippen molar-refractivity contribution in [1.82, 2.24) is 14.9 Å². The number of aromatic nitrogens is 2. The number of anilines is 1. The van der Waals surface area contributed by atoms with Gasteiger partial charge < -0.3 is 20.1 Å². The third-order valence-corrected chi connectivity index (χ3v) is 5.23. The summed E-state index contributed by atoms with van der Waals surface area (Å²) in [6.45, 7) is 6.68. The Hall–Kier alpha value is -2.74. The van der Waals surface area contributed by atoms with Crippen molar-refractivity contribution < 1.29 is 36.6 Å². The fourth-order valence-corrected chi connectivity index (χ4v) is 3.31. The number of ether oxygens (including phenoxy) is 1. The fraction of sp³-hybridized carbons (Fsp3) is 0.450. The van der Waals surface area contributed by atoms with Gasteiger partial charge in [0, 0.05) is 43.9 Å². The highest BCUT2D eigenvalue weighted by atomic mass is 79.9. The second-order valence-electron chi connectivity index (χ2n) is 7.36. The molecule has 3 rings (SSSR count). The van der Waals surface area contributed by atoms with Gasteiger partial charge in [0.05, 0.1) is 0 Å². The van der Waals surface area contributed by atoms with E-state index >= 15 is 0 Å². The highest BCUT2D eigenvalue weighted by Gasteiger charge is 2.38. The number of hydrogen-bond acceptors (Lipinski definition) is 6. The zero-order valence-corrected chi connectivity index (χ0v) is 19.7. The highest BCUT2D eigenvalue weighted by molar-refractivity contribution is 9.10. The Bertz CT molecular complexity index is 1070. The minimum atomic E-state index is -5.08. The molecule has 1 fully saturated rings. The van der Waals surface area contributed by atoms with Crippen LogP contribution in [0.4, 0.5) is 27.9 Å². The van der Waals surface area contributed by atoms with Gasteiger partial charge in [-0.2, -0.15) is 18.2 Å². The number of nitrogens with one attached hydrogen (secondary N) is 1. The molecule has 1 aromatic carbocycles. The van der Waals surface area contributed by atoms with Crippen LogP contribution < -0.4 is 20.5 Å². The number of rotatable bonds is 5. The first kappa shape index (κ1) is 27.5. The molecule has 0 bridgehead atoms. The number of halogens is 6. The van der Waals surface area contributed by atoms with Crippen LogP contribution in [0.2, 0.25) is 0 Å². The molecule has 14 heteroatoms. The Balaban J connectivity index is 0.000000509. The molecule has 1 aliphatic heterocycles. The third kappa shape index (κ3) is 7.13. The Morgan fingerprint density at radius 2 is 1.85 bits per heavy atom. The molecule has 1 aliphatic rings. The summed E-state index contributed by atoms with van der Waals surface area (Å²) in [6, 6.07) is 3.18. The summed E-state index contributed by atoms with van der Waals surface area (Å²) < 4.78 is 66.0. The van der Waals surface area contributed by atoms with Gasteiger partial charge in [-0.15, -0.1) is 0 Å². The second-order valence-corrected chi connectivity index (χ2v) is 8.16. The van der Waals surface area contributed by atoms with Crippen molar-refractivity contribution >= 4 is 27.8 Å². The number of benzene rings is 1. The number of nitrogens with zero attached hydrogens (tertiary/aromatic N) is 3. The van der Waals surface area contributed by atoms with Gasteiger partial charge in [0.2, 0.25) is 11.8 Å². The molecule has 1 aromatic heterocycles. The van der Waals surface area contributed by atoms with Gasteiger partial charge in [0.1, 0.15) is 22.7 Å². The Labute approximate surface area is 199 Å². The number of carbonyl (C=O) groups is 1. The molecule has 0 radical (unpaired) electrons. The van der Waals surface area contributed by atoms with E-state index in [9.17, 15) is 26.7 Å². The lowest BCUT2D eigenvalue weighted by atomic mass is 10.2. The van der Waals surface area contributed by atoms with Gasteiger partial charge in [-0.3, -0.25) is 9.36 Å². The maximum Gasteiger partial charge on any atom is 0.490 e. The molecule has 8 nitrogen and oxygen atoms in total. The maximum atomic E-state index is 13.8. The van der Waals surface area contributed by atoms with Crippen LogP contribution >= 0.6 is 15.9 Å². The largest absolute Gasteiger partial charge is 0.490 e. The first-order chi connectivity index (χ1) is 15.8. The van der Waals surface area contributed by atoms with E-state index in [4.69, 9.17) is 14.6 Å². The fourth-order valence-electron chi connectivity index (χ4n) is 2.92. The molecule has 0 unspecified atom stereocenters. The lowest BCUT2D eigenvalue weighted by Gasteiger charge is -2.31. The molecular weight excluding hydrogens is 535 g/mol. The molecule has 2 aromatic rings. The molecule has 0 atom stereocenters. The molecule has 2 N–H and O–H groups in total. The number of aliphatic carboxylic acids is 1. The van der Waals surface area contributed by atoms with Crippen molar-refractivity contribution in [3.8, 4) is 5.88 Å². The molecule has 0 spiro atoms. The summed E-state index contributed by atoms with van der Waals surface area (Å²) in [6.07, 6.45) is -5.08. The summed E-state index contributed by atoms with van der Waals surface area (Å²) in [4.78, 5) is 28.3. The van der Waals surface area contributed by atoms with Crippen molar-refractivity contribution in [2.45, 2.75) is 32.7 Å². The van der Waals surface area contributed by atoms with E-state index in [0.717, 1.165) is 25.2 Å². The number of alkyl halides is 3. The van der Waals surface area contributed by atoms with E-state index in [2.05, 4.69) is 26.2 Å². The number of carboxylic acid groups (broad SMARTS) is 1. The highest BCUT2D eigenvalue weighted by Crippen LogP contribution is 2.26. The van der Waals surface area contributed by atoms with Crippen LogP contribution in [0, 0.1) is 11.6 Å². The molecule has 2 heterocycles. The normalized spacial score (nSPS) is 14.0. The van der Waals surface area contributed by atoms with Crippen molar-refractivity contribution in [3.05, 3.63) is 50.2 Å². The zero-order valence-electron chi connectivity index (χ0n) is 18.1. The van der Waals surface area contributed by atoms with Crippen LogP contribution in [0.25, 0.3) is 0 Å². The molecule has 0 amide bonds. The summed E-state index contributed by atoms with van der Waals surface area (Å²) in [5.74, 6) is -3.50. The number of carboxylic acids is 1. The molecular formula is C20H22BrF5N4O4. The van der Waals surface area contributed by atoms with Gasteiger partial charge in [0.15, 0.2) is 0 Å². The summed E-state index contributed by atoms with van der Waals surface area (Å²) >= 11 is 3.26. The summed E-state index contributed by atoms with van der Waals surface area (Å²) in [7, 11) is 0. The van der Waals surface area contributed by atoms with Crippen LogP contribution in [0.5, 0.6) is 5.88 Å². The van der Waals surface area contributed by atoms with Gasteiger partial charge in [-0.05, 0) is 41.9 Å². The van der Waals surface area contributed by atoms with E-state index in [0.29, 0.717) is 19.0 Å². The lowest BCUT2D eigenvalue weighted by Crippen LogP contribution is -2.46. The first-order valence-corrected chi connectivity index (χ1v) is 10.8. The molecule has 0 saturated carbocycles. The Morgan fingerprint density at radius 1 is 1.26 bits per heavy atom. The Morgan fingerprint density at radius 3 is 2.35 bits per heavy atom. The molecule has 188 valence electrons. The standard InChI is InChI=1S/C18H21BrF2N4O2.C2HF3O2/c1-11(2)25-17(26)15(19)16(23-18(25)24-7-5-22-6-8-24)27-10-12-3-4-13(20)9-14(12)21;3-2(4,5)1(6)7/h3-4,9,11,22H,5-8,10H2,1-2H3;(H,6,7). The molecule has 1 saturated heterocycles. The SMILES string of the molecule is CC(C)n1c(N2CCNCC2)nc(OCc2ccc(F)cc2F)c(Br)c1=O.O=C(O)C(F)(F)F. The topological polar surface area (TPSA) is 96.7 Å². The van der Waals surface area contributed by atoms with Crippen LogP contribution in [-0.4, -0.2) is 53.0 Å². The smallest absolute Gasteiger partial charge is 0.475 e. The first-order valence-electron chi connectivity index (χ1n) is 9.97. The summed E-state index contributed by atoms with van der Waals surface area (Å²) in [5.41, 5.74) is -0.0787. The van der Waals surface area contributed by atoms with E-state index in [-0.39, 0.29) is 34.1 Å². The lowest BCUT2D eigenvalue weighted by molar-refractivity contribution is -0.192.